The summed E-state index contributed by atoms with van der Waals surface area (Å²) in [6.45, 7) is 9.77. The fraction of sp³-hybridized carbons (Fsp3) is 0.300. The van der Waals surface area contributed by atoms with Gasteiger partial charge in [0, 0.05) is 0 Å². The summed E-state index contributed by atoms with van der Waals surface area (Å²) in [6, 6.07) is 4.47. The van der Waals surface area contributed by atoms with Gasteiger partial charge in [0.2, 0.25) is 0 Å². The number of nitrogens with one attached hydrogen (secondary N) is 1. The van der Waals surface area contributed by atoms with Crippen molar-refractivity contribution >= 4 is 42.0 Å². The van der Waals surface area contributed by atoms with Crippen molar-refractivity contribution in [3.63, 3.8) is 0 Å². The number of azo groups is 1. The predicted octanol–water partition coefficient (Wildman–Crippen LogP) is 3.87. The molecule has 0 bridgehead atoms. The van der Waals surface area contributed by atoms with E-state index in [0.717, 1.165) is 17.3 Å². The van der Waals surface area contributed by atoms with Crippen molar-refractivity contribution in [2.45, 2.75) is 27.7 Å². The van der Waals surface area contributed by atoms with Crippen LogP contribution in [0, 0.1) is 6.92 Å². The van der Waals surface area contributed by atoms with Crippen LogP contribution in [0.15, 0.2) is 55.5 Å². The number of nitrogens with zero attached hydrogens (tertiary/aromatic N) is 3. The highest BCUT2D eigenvalue weighted by Gasteiger charge is 2.18. The lowest BCUT2D eigenvalue weighted by Crippen LogP contribution is -2.25. The number of aryl methyl sites for hydroxylation is 1. The number of carboxylic acids is 1. The average Bonchev–Trinajstić information content (AvgIpc) is 2.70. The van der Waals surface area contributed by atoms with Crippen molar-refractivity contribution in [1.82, 2.24) is 5.32 Å². The van der Waals surface area contributed by atoms with E-state index in [0.29, 0.717) is 5.70 Å². The minimum Gasteiger partial charge on any atom is -0.510 e. The molecule has 0 spiro atoms. The van der Waals surface area contributed by atoms with Gasteiger partial charge in [-0.25, -0.2) is 9.59 Å². The Morgan fingerprint density at radius 1 is 1.23 bits per heavy atom. The summed E-state index contributed by atoms with van der Waals surface area (Å²) in [7, 11) is 0. The Kier molecular flexibility index (Phi) is 10.1. The van der Waals surface area contributed by atoms with Crippen molar-refractivity contribution in [2.24, 2.45) is 15.2 Å². The molecule has 0 radical (unpaired) electrons. The molecule has 1 aromatic rings. The number of ether oxygens (including phenoxy) is 1. The first-order valence-electron chi connectivity index (χ1n) is 9.03. The van der Waals surface area contributed by atoms with Gasteiger partial charge >= 0.3 is 11.9 Å². The average molecular weight is 449 g/mol. The smallest absolute Gasteiger partial charge is 0.346 e. The molecule has 0 fully saturated rings. The van der Waals surface area contributed by atoms with Crippen LogP contribution in [0.5, 0.6) is 0 Å². The number of aliphatic hydroxyl groups excluding tert-OH is 1. The predicted molar refractivity (Wildman–Crippen MR) is 117 cm³/mol. The number of rotatable bonds is 10. The Bertz CT molecular complexity index is 964. The molecule has 1 rings (SSSR count). The number of carboxylic acid groups (broad SMARTS) is 1. The Hall–Kier alpha value is -3.47. The Morgan fingerprint density at radius 2 is 1.90 bits per heavy atom. The maximum Gasteiger partial charge on any atom is 0.346 e. The van der Waals surface area contributed by atoms with Crippen molar-refractivity contribution in [1.29, 1.82) is 0 Å². The summed E-state index contributed by atoms with van der Waals surface area (Å²) in [5, 5.41) is 29.1. The van der Waals surface area contributed by atoms with Gasteiger partial charge in [-0.3, -0.25) is 9.79 Å². The van der Waals surface area contributed by atoms with Gasteiger partial charge in [0.1, 0.15) is 16.4 Å². The molecule has 0 aliphatic carbocycles. The number of aliphatic imine (C=N–C) groups is 1. The van der Waals surface area contributed by atoms with Crippen LogP contribution in [-0.2, 0) is 14.3 Å². The number of carbonyl (C=O) groups is 3. The second-order valence-electron chi connectivity index (χ2n) is 6.05. The summed E-state index contributed by atoms with van der Waals surface area (Å²) in [4.78, 5) is 39.7. The summed E-state index contributed by atoms with van der Waals surface area (Å²) in [6.07, 6.45) is 0. The third kappa shape index (κ3) is 7.70. The highest BCUT2D eigenvalue weighted by Crippen LogP contribution is 2.24. The van der Waals surface area contributed by atoms with Gasteiger partial charge in [-0.05, 0) is 52.1 Å². The molecule has 31 heavy (non-hydrogen) atoms. The zero-order valence-electron chi connectivity index (χ0n) is 17.6. The lowest BCUT2D eigenvalue weighted by molar-refractivity contribution is -0.137. The molecule has 11 heteroatoms. The van der Waals surface area contributed by atoms with Gasteiger partial charge in [0.15, 0.2) is 5.70 Å². The minimum absolute atomic E-state index is 0.0358. The normalized spacial score (nSPS) is 12.6. The number of hydrogen-bond acceptors (Lipinski definition) is 9. The maximum atomic E-state index is 12.4. The van der Waals surface area contributed by atoms with E-state index in [1.54, 1.807) is 26.8 Å². The minimum atomic E-state index is -1.20. The zero-order chi connectivity index (χ0) is 23.6. The number of amides is 1. The monoisotopic (exact) mass is 448 g/mol. The summed E-state index contributed by atoms with van der Waals surface area (Å²) in [5.41, 5.74) is 0.617. The van der Waals surface area contributed by atoms with Gasteiger partial charge in [-0.15, -0.1) is 10.2 Å². The molecule has 3 N–H and O–H groups in total. The molecule has 0 heterocycles. The Balaban J connectivity index is 2.98. The molecule has 0 aliphatic rings. The molecule has 0 saturated carbocycles. The van der Waals surface area contributed by atoms with Crippen LogP contribution in [0.1, 0.15) is 36.7 Å². The van der Waals surface area contributed by atoms with E-state index in [4.69, 9.17) is 4.74 Å². The number of hydrogen-bond donors (Lipinski definition) is 3. The highest BCUT2D eigenvalue weighted by atomic mass is 32.2. The number of aromatic carboxylic acids is 1. The van der Waals surface area contributed by atoms with E-state index in [2.05, 4.69) is 27.3 Å². The van der Waals surface area contributed by atoms with Crippen LogP contribution in [0.3, 0.4) is 0 Å². The fourth-order valence-electron chi connectivity index (χ4n) is 2.13. The lowest BCUT2D eigenvalue weighted by Gasteiger charge is -2.10. The highest BCUT2D eigenvalue weighted by molar-refractivity contribution is 8.03. The molecule has 10 nitrogen and oxygen atoms in total. The summed E-state index contributed by atoms with van der Waals surface area (Å²) >= 11 is 0.968. The second-order valence-corrected chi connectivity index (χ2v) is 7.03. The first-order valence-corrected chi connectivity index (χ1v) is 10.0. The topological polar surface area (TPSA) is 150 Å². The molecule has 0 aliphatic heterocycles. The molecule has 0 aromatic heterocycles. The van der Waals surface area contributed by atoms with Crippen molar-refractivity contribution in [3.05, 3.63) is 51.4 Å². The van der Waals surface area contributed by atoms with Gasteiger partial charge < -0.3 is 20.3 Å². The van der Waals surface area contributed by atoms with E-state index in [-0.39, 0.29) is 28.6 Å². The third-order valence-electron chi connectivity index (χ3n) is 3.67. The first kappa shape index (κ1) is 25.6. The summed E-state index contributed by atoms with van der Waals surface area (Å²) < 4.78 is 4.95. The van der Waals surface area contributed by atoms with E-state index in [9.17, 15) is 24.6 Å². The van der Waals surface area contributed by atoms with E-state index in [1.165, 1.54) is 19.1 Å². The van der Waals surface area contributed by atoms with Crippen LogP contribution in [0.25, 0.3) is 0 Å². The first-order chi connectivity index (χ1) is 14.6. The number of carbonyl (C=O) groups excluding carboxylic acids is 2. The van der Waals surface area contributed by atoms with E-state index < -0.39 is 29.3 Å². The molecule has 166 valence electrons. The molecular weight excluding hydrogens is 424 g/mol. The molecule has 0 unspecified atom stereocenters. The Labute approximate surface area is 183 Å². The van der Waals surface area contributed by atoms with Crippen LogP contribution in [-0.4, -0.2) is 47.3 Å². The molecule has 0 saturated heterocycles. The number of thioether (sulfide) groups is 1. The second kappa shape index (κ2) is 12.3. The van der Waals surface area contributed by atoms with Gasteiger partial charge in [-0.1, -0.05) is 17.8 Å². The SMILES string of the molecule is C=N/C(C)=C(\SCNC(=O)C(N=Nc1cc(C)ccc1C(=O)O)=C(C)O)C(=O)OCC. The van der Waals surface area contributed by atoms with E-state index >= 15 is 0 Å². The maximum absolute atomic E-state index is 12.4. The number of allylic oxidation sites excluding steroid dienone is 2. The van der Waals surface area contributed by atoms with E-state index in [1.807, 2.05) is 0 Å². The van der Waals surface area contributed by atoms with Crippen molar-refractivity contribution in [3.8, 4) is 0 Å². The van der Waals surface area contributed by atoms with Crippen LogP contribution < -0.4 is 5.32 Å². The molecule has 0 atom stereocenters. The third-order valence-corrected chi connectivity index (χ3v) is 4.71. The zero-order valence-corrected chi connectivity index (χ0v) is 18.4. The number of benzene rings is 1. The van der Waals surface area contributed by atoms with Gasteiger partial charge in [0.25, 0.3) is 5.91 Å². The lowest BCUT2D eigenvalue weighted by atomic mass is 10.1. The standard InChI is InChI=1S/C20H24N4O6S/c1-6-30-20(29)17(12(3)21-5)31-10-22-18(26)16(13(4)25)24-23-15-9-11(2)7-8-14(15)19(27)28/h7-9,25H,5-6,10H2,1-4H3,(H,22,26)(H,27,28)/b16-13?,17-12-,24-23?. The van der Waals surface area contributed by atoms with Gasteiger partial charge in [-0.2, -0.15) is 0 Å². The quantitative estimate of drug-likeness (QED) is 0.123. The molecular formula is C20H24N4O6S. The molecule has 1 aromatic carbocycles. The van der Waals surface area contributed by atoms with Gasteiger partial charge in [0.05, 0.1) is 23.7 Å². The van der Waals surface area contributed by atoms with Crippen LogP contribution in [0.4, 0.5) is 5.69 Å². The Morgan fingerprint density at radius 3 is 2.45 bits per heavy atom. The van der Waals surface area contributed by atoms with Crippen molar-refractivity contribution < 1.29 is 29.3 Å². The largest absolute Gasteiger partial charge is 0.510 e. The number of aliphatic hydroxyl groups is 1. The van der Waals surface area contributed by atoms with Crippen molar-refractivity contribution in [2.75, 3.05) is 12.5 Å². The fourth-order valence-corrected chi connectivity index (χ4v) is 2.93. The summed E-state index contributed by atoms with van der Waals surface area (Å²) in [5.74, 6) is -3.04. The van der Waals surface area contributed by atoms with Crippen LogP contribution >= 0.6 is 11.8 Å². The molecule has 1 amide bonds. The van der Waals surface area contributed by atoms with Crippen LogP contribution in [0.2, 0.25) is 0 Å². The number of esters is 1.